The van der Waals surface area contributed by atoms with E-state index in [0.717, 1.165) is 32.7 Å². The highest BCUT2D eigenvalue weighted by atomic mass is 16.1. The maximum Gasteiger partial charge on any atom is 0.146 e. The van der Waals surface area contributed by atoms with Gasteiger partial charge in [0.15, 0.2) is 0 Å². The Morgan fingerprint density at radius 3 is 1.70 bits per heavy atom. The van der Waals surface area contributed by atoms with Gasteiger partial charge < -0.3 is 15.5 Å². The third-order valence-electron chi connectivity index (χ3n) is 3.08. The smallest absolute Gasteiger partial charge is 0.146 e. The number of likely N-dealkylation sites (N-methyl/N-ethyl adjacent to an activating group) is 3. The topological polar surface area (TPSA) is 52.8 Å². The van der Waals surface area contributed by atoms with Crippen LogP contribution in [0.2, 0.25) is 0 Å². The molecule has 0 saturated carbocycles. The largest absolute Gasteiger partial charge is 0.329 e. The molecule has 0 fully saturated rings. The number of carbonyl (C=O) groups is 1. The first-order valence-electron chi connectivity index (χ1n) is 7.77. The maximum atomic E-state index is 11.3. The van der Waals surface area contributed by atoms with Crippen molar-refractivity contribution in [2.45, 2.75) is 27.2 Å². The van der Waals surface area contributed by atoms with Crippen LogP contribution in [0.3, 0.4) is 0 Å². The highest BCUT2D eigenvalue weighted by Crippen LogP contribution is 1.91. The molecule has 2 N–H and O–H groups in total. The zero-order valence-electron chi connectivity index (χ0n) is 14.5. The van der Waals surface area contributed by atoms with Crippen molar-refractivity contribution in [3.8, 4) is 0 Å². The average Bonchev–Trinajstić information content (AvgIpc) is 2.45. The minimum atomic E-state index is 0. The fourth-order valence-electron chi connectivity index (χ4n) is 1.62. The Hall–Kier alpha value is -0.490. The van der Waals surface area contributed by atoms with Crippen LogP contribution in [0.1, 0.15) is 28.6 Å². The van der Waals surface area contributed by atoms with Crippen molar-refractivity contribution < 1.29 is 6.22 Å². The van der Waals surface area contributed by atoms with Crippen LogP contribution < -0.4 is 5.73 Å². The molecule has 0 radical (unpaired) electrons. The van der Waals surface area contributed by atoms with Gasteiger partial charge in [0, 0.05) is 47.1 Å². The Balaban J connectivity index is -0.00000103. The number of carbonyl (C=O) groups excluding carboxylic acids is 1. The molecule has 0 saturated heterocycles. The first-order chi connectivity index (χ1) is 9.49. The van der Waals surface area contributed by atoms with Gasteiger partial charge in [0.25, 0.3) is 0 Å². The molecular formula is C15H38N4O. The number of rotatable bonds is 11. The van der Waals surface area contributed by atoms with Crippen LogP contribution in [0.15, 0.2) is 0 Å². The van der Waals surface area contributed by atoms with Crippen molar-refractivity contribution in [1.82, 2.24) is 14.7 Å². The summed E-state index contributed by atoms with van der Waals surface area (Å²) < 4.78 is 0. The first-order valence-corrected chi connectivity index (χ1v) is 7.77. The van der Waals surface area contributed by atoms with E-state index in [-0.39, 0.29) is 1.43 Å². The molecule has 0 unspecified atom stereocenters. The fraction of sp³-hybridized carbons (Fsp3) is 0.933. The molecule has 5 nitrogen and oxygen atoms in total. The third kappa shape index (κ3) is 13.9. The van der Waals surface area contributed by atoms with Crippen LogP contribution in [0.4, 0.5) is 0 Å². The molecule has 0 rings (SSSR count). The Kier molecular flexibility index (Phi) is 16.3. The molecule has 5 heteroatoms. The Bertz CT molecular complexity index is 230. The highest BCUT2D eigenvalue weighted by molar-refractivity contribution is 5.80. The summed E-state index contributed by atoms with van der Waals surface area (Å²) in [5.74, 6) is 0.308. The summed E-state index contributed by atoms with van der Waals surface area (Å²) >= 11 is 0. The van der Waals surface area contributed by atoms with E-state index in [2.05, 4.69) is 28.8 Å². The van der Waals surface area contributed by atoms with Gasteiger partial charge in [-0.2, -0.15) is 0 Å². The van der Waals surface area contributed by atoms with Gasteiger partial charge >= 0.3 is 0 Å². The van der Waals surface area contributed by atoms with E-state index in [1.165, 1.54) is 0 Å². The summed E-state index contributed by atoms with van der Waals surface area (Å²) in [5.41, 5.74) is 5.50. The molecule has 124 valence electrons. The summed E-state index contributed by atoms with van der Waals surface area (Å²) in [7, 11) is 6.21. The van der Waals surface area contributed by atoms with Crippen LogP contribution in [0, 0.1) is 0 Å². The number of Topliss-reactive ketones (excluding diaryl/α,β-unsaturated/α-hetero) is 1. The van der Waals surface area contributed by atoms with E-state index >= 15 is 0 Å². The number of hydrogen-bond acceptors (Lipinski definition) is 5. The van der Waals surface area contributed by atoms with Crippen LogP contribution in [-0.4, -0.2) is 87.4 Å². The molecule has 0 aliphatic heterocycles. The number of ketones is 1. The number of hydrogen-bond donors (Lipinski definition) is 1. The lowest BCUT2D eigenvalue weighted by Gasteiger charge is -2.24. The molecular weight excluding hydrogens is 252 g/mol. The minimum Gasteiger partial charge on any atom is -0.329 e. The van der Waals surface area contributed by atoms with Gasteiger partial charge in [-0.3, -0.25) is 9.69 Å². The van der Waals surface area contributed by atoms with Crippen LogP contribution in [-0.2, 0) is 4.79 Å². The summed E-state index contributed by atoms with van der Waals surface area (Å²) in [5, 5.41) is 0. The third-order valence-corrected chi connectivity index (χ3v) is 3.08. The summed E-state index contributed by atoms with van der Waals surface area (Å²) in [6.07, 6.45) is 0.629. The molecule has 0 aromatic rings. The van der Waals surface area contributed by atoms with Gasteiger partial charge in [0.2, 0.25) is 0 Å². The SMILES string of the molecule is CC.CCC(=O)CN(C)CCN(C)CCN(C)CCN.[HH]. The predicted octanol–water partition coefficient (Wildman–Crippen LogP) is 0.992. The fourth-order valence-corrected chi connectivity index (χ4v) is 1.62. The monoisotopic (exact) mass is 290 g/mol. The molecule has 20 heavy (non-hydrogen) atoms. The Morgan fingerprint density at radius 1 is 0.900 bits per heavy atom. The molecule has 0 aromatic carbocycles. The lowest BCUT2D eigenvalue weighted by molar-refractivity contribution is -0.119. The summed E-state index contributed by atoms with van der Waals surface area (Å²) in [6, 6.07) is 0. The molecule has 0 amide bonds. The molecule has 0 aliphatic carbocycles. The van der Waals surface area contributed by atoms with E-state index in [1.807, 2.05) is 27.8 Å². The summed E-state index contributed by atoms with van der Waals surface area (Å²) in [6.45, 7) is 12.1. The van der Waals surface area contributed by atoms with Crippen molar-refractivity contribution >= 4 is 5.78 Å². The minimum absolute atomic E-state index is 0. The van der Waals surface area contributed by atoms with Crippen molar-refractivity contribution in [2.24, 2.45) is 5.73 Å². The molecule has 0 heterocycles. The quantitative estimate of drug-likeness (QED) is 0.615. The van der Waals surface area contributed by atoms with Gasteiger partial charge in [0.05, 0.1) is 6.54 Å². The zero-order chi connectivity index (χ0) is 16.0. The Labute approximate surface area is 127 Å². The average molecular weight is 290 g/mol. The second-order valence-electron chi connectivity index (χ2n) is 5.03. The van der Waals surface area contributed by atoms with Gasteiger partial charge in [0.1, 0.15) is 5.78 Å². The lowest BCUT2D eigenvalue weighted by atomic mass is 10.3. The van der Waals surface area contributed by atoms with Crippen molar-refractivity contribution in [1.29, 1.82) is 0 Å². The number of nitrogens with two attached hydrogens (primary N) is 1. The van der Waals surface area contributed by atoms with Gasteiger partial charge in [-0.15, -0.1) is 0 Å². The zero-order valence-corrected chi connectivity index (χ0v) is 14.5. The first kappa shape index (κ1) is 21.8. The van der Waals surface area contributed by atoms with E-state index < -0.39 is 0 Å². The van der Waals surface area contributed by atoms with E-state index in [0.29, 0.717) is 25.3 Å². The van der Waals surface area contributed by atoms with E-state index in [1.54, 1.807) is 0 Å². The molecule has 0 aliphatic rings. The highest BCUT2D eigenvalue weighted by Gasteiger charge is 2.06. The van der Waals surface area contributed by atoms with Crippen molar-refractivity contribution in [3.63, 3.8) is 0 Å². The number of nitrogens with zero attached hydrogens (tertiary/aromatic N) is 3. The second-order valence-corrected chi connectivity index (χ2v) is 5.03. The van der Waals surface area contributed by atoms with Crippen molar-refractivity contribution in [2.75, 3.05) is 67.0 Å². The second kappa shape index (κ2) is 14.9. The van der Waals surface area contributed by atoms with E-state index in [9.17, 15) is 4.79 Å². The molecule has 0 atom stereocenters. The van der Waals surface area contributed by atoms with Crippen LogP contribution in [0.25, 0.3) is 0 Å². The lowest BCUT2D eigenvalue weighted by Crippen LogP contribution is -2.38. The summed E-state index contributed by atoms with van der Waals surface area (Å²) in [4.78, 5) is 17.9. The van der Waals surface area contributed by atoms with Gasteiger partial charge in [-0.05, 0) is 21.1 Å². The van der Waals surface area contributed by atoms with Gasteiger partial charge in [-0.1, -0.05) is 20.8 Å². The Morgan fingerprint density at radius 2 is 1.30 bits per heavy atom. The molecule has 0 aromatic heterocycles. The van der Waals surface area contributed by atoms with Crippen LogP contribution >= 0.6 is 0 Å². The maximum absolute atomic E-state index is 11.3. The standard InChI is InChI=1S/C13H30N4O.C2H6.H2/c1-5-13(18)12-17(4)11-10-16(3)9-8-15(2)7-6-14;1-2;/h5-12,14H2,1-4H3;1-2H3;1H. The van der Waals surface area contributed by atoms with Gasteiger partial charge in [-0.25, -0.2) is 0 Å². The van der Waals surface area contributed by atoms with Crippen molar-refractivity contribution in [3.05, 3.63) is 0 Å². The molecule has 0 spiro atoms. The van der Waals surface area contributed by atoms with Crippen LogP contribution in [0.5, 0.6) is 0 Å². The molecule has 0 bridgehead atoms. The predicted molar refractivity (Wildman–Crippen MR) is 90.3 cm³/mol. The normalized spacial score (nSPS) is 10.9. The van der Waals surface area contributed by atoms with E-state index in [4.69, 9.17) is 5.73 Å².